The van der Waals surface area contributed by atoms with Crippen molar-refractivity contribution in [2.45, 2.75) is 51.2 Å². The van der Waals surface area contributed by atoms with E-state index in [1.807, 2.05) is 4.90 Å². The maximum absolute atomic E-state index is 14.3. The number of alkyl halides is 3. The number of halogens is 4. The van der Waals surface area contributed by atoms with Crippen molar-refractivity contribution in [2.75, 3.05) is 31.6 Å². The molecule has 12 heteroatoms. The number of amides is 2. The Hall–Kier alpha value is -3.34. The summed E-state index contributed by atoms with van der Waals surface area (Å²) in [5.41, 5.74) is 3.11. The van der Waals surface area contributed by atoms with E-state index in [4.69, 9.17) is 11.6 Å². The van der Waals surface area contributed by atoms with Gasteiger partial charge in [-0.05, 0) is 37.0 Å². The molecule has 2 aromatic heterocycles. The number of nitrogens with zero attached hydrogens (tertiary/aromatic N) is 6. The first-order valence-corrected chi connectivity index (χ1v) is 13.3. The average molecular weight is 563 g/mol. The number of fused-ring (bicyclic) bond motifs is 3. The highest BCUT2D eigenvalue weighted by Crippen LogP contribution is 2.42. The van der Waals surface area contributed by atoms with Crippen LogP contribution >= 0.6 is 11.6 Å². The lowest BCUT2D eigenvalue weighted by molar-refractivity contribution is -0.191. The van der Waals surface area contributed by atoms with E-state index in [1.165, 1.54) is 26.1 Å². The Kier molecular flexibility index (Phi) is 7.21. The molecule has 39 heavy (non-hydrogen) atoms. The van der Waals surface area contributed by atoms with Crippen molar-refractivity contribution in [2.24, 2.45) is 5.92 Å². The molecule has 208 valence electrons. The molecular formula is C27H30ClF3N6O2. The van der Waals surface area contributed by atoms with E-state index in [0.717, 1.165) is 28.4 Å². The lowest BCUT2D eigenvalue weighted by Crippen LogP contribution is -2.46. The van der Waals surface area contributed by atoms with Gasteiger partial charge in [0.05, 0.1) is 17.6 Å². The topological polar surface area (TPSA) is 74.1 Å². The van der Waals surface area contributed by atoms with Gasteiger partial charge in [0, 0.05) is 57.2 Å². The molecule has 0 bridgehead atoms. The van der Waals surface area contributed by atoms with Gasteiger partial charge in [-0.25, -0.2) is 9.50 Å². The molecule has 2 amide bonds. The van der Waals surface area contributed by atoms with Crippen LogP contribution in [0.5, 0.6) is 0 Å². The molecule has 2 aliphatic heterocycles. The van der Waals surface area contributed by atoms with Gasteiger partial charge in [-0.2, -0.15) is 18.3 Å². The molecule has 0 radical (unpaired) electrons. The SMILES string of the molecule is CC(=O)N1CCC(C(=O)N(C)[C@@H](c2ccc(N3CC[C@@H](C)c4c3cnc3cc(Cl)nn43)cc2)C(F)(F)F)CC1. The second kappa shape index (κ2) is 10.3. The molecule has 4 heterocycles. The number of carbonyl (C=O) groups is 2. The smallest absolute Gasteiger partial charge is 0.343 e. The standard InChI is InChI=1S/C27H30ClF3N6O2/c1-16-8-13-36(21-15-32-23-14-22(28)33-37(23)24(16)21)20-6-4-18(5-7-20)25(27(29,30)31)34(3)26(39)19-9-11-35(12-10-19)17(2)38/h4-7,14-16,19,25H,8-13H2,1-3H3/t16-,25+/m1/s1. The second-order valence-corrected chi connectivity index (χ2v) is 10.8. The van der Waals surface area contributed by atoms with Crippen molar-refractivity contribution in [1.82, 2.24) is 24.4 Å². The minimum Gasteiger partial charge on any atom is -0.343 e. The molecular weight excluding hydrogens is 533 g/mol. The fraction of sp³-hybridized carbons (Fsp3) is 0.481. The third kappa shape index (κ3) is 5.16. The van der Waals surface area contributed by atoms with Gasteiger partial charge in [0.1, 0.15) is 0 Å². The van der Waals surface area contributed by atoms with E-state index >= 15 is 0 Å². The summed E-state index contributed by atoms with van der Waals surface area (Å²) in [6.07, 6.45) is -1.40. The Morgan fingerprint density at radius 1 is 1.10 bits per heavy atom. The summed E-state index contributed by atoms with van der Waals surface area (Å²) in [4.78, 5) is 33.6. The maximum atomic E-state index is 14.3. The number of hydrogen-bond donors (Lipinski definition) is 0. The summed E-state index contributed by atoms with van der Waals surface area (Å²) in [5, 5.41) is 4.71. The van der Waals surface area contributed by atoms with Gasteiger partial charge in [0.2, 0.25) is 11.8 Å². The van der Waals surface area contributed by atoms with Gasteiger partial charge in [-0.3, -0.25) is 9.59 Å². The third-order valence-corrected chi connectivity index (χ3v) is 8.05. The first kappa shape index (κ1) is 27.2. The third-order valence-electron chi connectivity index (χ3n) is 7.87. The molecule has 2 aliphatic rings. The van der Waals surface area contributed by atoms with Gasteiger partial charge < -0.3 is 14.7 Å². The zero-order valence-corrected chi connectivity index (χ0v) is 22.7. The number of hydrogen-bond acceptors (Lipinski definition) is 5. The Labute approximate surface area is 229 Å². The highest BCUT2D eigenvalue weighted by Gasteiger charge is 2.46. The molecule has 1 saturated heterocycles. The minimum atomic E-state index is -4.66. The number of piperidine rings is 1. The van der Waals surface area contributed by atoms with Crippen LogP contribution in [0.4, 0.5) is 24.5 Å². The minimum absolute atomic E-state index is 0.0127. The predicted octanol–water partition coefficient (Wildman–Crippen LogP) is 5.35. The van der Waals surface area contributed by atoms with Crippen LogP contribution in [0.1, 0.15) is 56.3 Å². The molecule has 8 nitrogen and oxygen atoms in total. The van der Waals surface area contributed by atoms with Gasteiger partial charge in [0.25, 0.3) is 0 Å². The summed E-state index contributed by atoms with van der Waals surface area (Å²) in [6, 6.07) is 5.78. The van der Waals surface area contributed by atoms with Crippen molar-refractivity contribution in [3.63, 3.8) is 0 Å². The number of carbonyl (C=O) groups excluding carboxylic acids is 2. The molecule has 1 aromatic carbocycles. The molecule has 0 unspecified atom stereocenters. The molecule has 1 fully saturated rings. The molecule has 5 rings (SSSR count). The van der Waals surface area contributed by atoms with Crippen LogP contribution in [-0.2, 0) is 9.59 Å². The fourth-order valence-corrected chi connectivity index (χ4v) is 5.93. The lowest BCUT2D eigenvalue weighted by Gasteiger charge is -2.37. The highest BCUT2D eigenvalue weighted by atomic mass is 35.5. The molecule has 0 N–H and O–H groups in total. The Morgan fingerprint density at radius 2 is 1.77 bits per heavy atom. The molecule has 0 aliphatic carbocycles. The second-order valence-electron chi connectivity index (χ2n) is 10.4. The van der Waals surface area contributed by atoms with Gasteiger partial charge in [-0.15, -0.1) is 0 Å². The van der Waals surface area contributed by atoms with Crippen molar-refractivity contribution in [1.29, 1.82) is 0 Å². The zero-order chi connectivity index (χ0) is 28.1. The quantitative estimate of drug-likeness (QED) is 0.429. The number of anilines is 2. The van der Waals surface area contributed by atoms with Crippen LogP contribution in [-0.4, -0.2) is 69.1 Å². The summed E-state index contributed by atoms with van der Waals surface area (Å²) in [7, 11) is 1.21. The summed E-state index contributed by atoms with van der Waals surface area (Å²) in [6.45, 7) is 4.94. The van der Waals surface area contributed by atoms with E-state index in [0.29, 0.717) is 43.3 Å². The van der Waals surface area contributed by atoms with Gasteiger partial charge >= 0.3 is 6.18 Å². The zero-order valence-electron chi connectivity index (χ0n) is 22.0. The van der Waals surface area contributed by atoms with Crippen molar-refractivity contribution >= 4 is 40.4 Å². The van der Waals surface area contributed by atoms with E-state index in [1.54, 1.807) is 33.8 Å². The van der Waals surface area contributed by atoms with E-state index in [9.17, 15) is 22.8 Å². The van der Waals surface area contributed by atoms with E-state index in [2.05, 4.69) is 17.0 Å². The lowest BCUT2D eigenvalue weighted by atomic mass is 9.93. The Balaban J connectivity index is 1.40. The van der Waals surface area contributed by atoms with Crippen molar-refractivity contribution in [3.8, 4) is 0 Å². The predicted molar refractivity (Wildman–Crippen MR) is 141 cm³/mol. The highest BCUT2D eigenvalue weighted by molar-refractivity contribution is 6.29. The fourth-order valence-electron chi connectivity index (χ4n) is 5.76. The van der Waals surface area contributed by atoms with Crippen LogP contribution < -0.4 is 4.90 Å². The first-order chi connectivity index (χ1) is 18.5. The Morgan fingerprint density at radius 3 is 2.38 bits per heavy atom. The van der Waals surface area contributed by atoms with Crippen LogP contribution in [0.3, 0.4) is 0 Å². The summed E-state index contributed by atoms with van der Waals surface area (Å²) >= 11 is 6.11. The van der Waals surface area contributed by atoms with Crippen LogP contribution in [0.25, 0.3) is 5.65 Å². The van der Waals surface area contributed by atoms with Crippen LogP contribution in [0, 0.1) is 5.92 Å². The van der Waals surface area contributed by atoms with Gasteiger partial charge in [0.15, 0.2) is 16.8 Å². The Bertz CT molecular complexity index is 1380. The largest absolute Gasteiger partial charge is 0.413 e. The normalized spacial score (nSPS) is 19.2. The van der Waals surface area contributed by atoms with E-state index in [-0.39, 0.29) is 17.4 Å². The summed E-state index contributed by atoms with van der Waals surface area (Å²) in [5.74, 6) is -1.02. The maximum Gasteiger partial charge on any atom is 0.413 e. The molecule has 2 atom stereocenters. The van der Waals surface area contributed by atoms with E-state index < -0.39 is 24.0 Å². The van der Waals surface area contributed by atoms with Crippen molar-refractivity contribution < 1.29 is 22.8 Å². The molecule has 0 saturated carbocycles. The molecule has 3 aromatic rings. The van der Waals surface area contributed by atoms with Crippen molar-refractivity contribution in [3.05, 3.63) is 52.9 Å². The number of rotatable bonds is 4. The number of likely N-dealkylation sites (tertiary alicyclic amines) is 1. The average Bonchev–Trinajstić information content (AvgIpc) is 3.28. The monoisotopic (exact) mass is 562 g/mol. The van der Waals surface area contributed by atoms with Crippen LogP contribution in [0.2, 0.25) is 5.15 Å². The number of benzene rings is 1. The van der Waals surface area contributed by atoms with Crippen LogP contribution in [0.15, 0.2) is 36.5 Å². The number of aromatic nitrogens is 3. The molecule has 0 spiro atoms. The van der Waals surface area contributed by atoms with Gasteiger partial charge in [-0.1, -0.05) is 30.7 Å². The first-order valence-electron chi connectivity index (χ1n) is 13.0. The summed E-state index contributed by atoms with van der Waals surface area (Å²) < 4.78 is 44.7.